The number of rotatable bonds is 19. The summed E-state index contributed by atoms with van der Waals surface area (Å²) in [6.45, 7) is 15.7. The predicted octanol–water partition coefficient (Wildman–Crippen LogP) is 6.43. The second kappa shape index (κ2) is 16.8. The van der Waals surface area contributed by atoms with Crippen LogP contribution in [0.3, 0.4) is 0 Å². The zero-order chi connectivity index (χ0) is 20.4. The number of unbranched alkanes of at least 4 members (excludes halogenated alkanes) is 9. The van der Waals surface area contributed by atoms with Gasteiger partial charge in [-0.3, -0.25) is 0 Å². The third kappa shape index (κ3) is 16.5. The van der Waals surface area contributed by atoms with Crippen LogP contribution in [-0.2, 0) is 14.2 Å². The second-order valence-electron chi connectivity index (χ2n) is 8.44. The van der Waals surface area contributed by atoms with Gasteiger partial charge in [0.15, 0.2) is 0 Å². The van der Waals surface area contributed by atoms with E-state index in [1.807, 2.05) is 20.8 Å². The molecule has 0 aliphatic heterocycles. The van der Waals surface area contributed by atoms with Gasteiger partial charge in [-0.1, -0.05) is 51.4 Å². The molecule has 0 saturated carbocycles. The molecular formula is C23H49NO3. The highest BCUT2D eigenvalue weighted by Crippen LogP contribution is 2.24. The molecule has 0 aromatic heterocycles. The second-order valence-corrected chi connectivity index (χ2v) is 8.44. The number of nitrogens with one attached hydrogen (secondary N) is 1. The largest absolute Gasteiger partial charge is 0.328 e. The van der Waals surface area contributed by atoms with Crippen LogP contribution in [0.25, 0.3) is 0 Å². The van der Waals surface area contributed by atoms with Gasteiger partial charge in [0, 0.05) is 31.8 Å². The predicted molar refractivity (Wildman–Crippen MR) is 116 cm³/mol. The molecule has 0 atom stereocenters. The van der Waals surface area contributed by atoms with Gasteiger partial charge in [0.1, 0.15) is 0 Å². The average Bonchev–Trinajstić information content (AvgIpc) is 2.59. The van der Waals surface area contributed by atoms with Crippen molar-refractivity contribution in [3.05, 3.63) is 0 Å². The number of ether oxygens (including phenoxy) is 3. The third-order valence-corrected chi connectivity index (χ3v) is 4.66. The molecule has 0 saturated heterocycles. The van der Waals surface area contributed by atoms with Crippen LogP contribution < -0.4 is 5.32 Å². The molecular weight excluding hydrogens is 338 g/mol. The Morgan fingerprint density at radius 2 is 0.926 bits per heavy atom. The summed E-state index contributed by atoms with van der Waals surface area (Å²) < 4.78 is 17.3. The lowest BCUT2D eigenvalue weighted by atomic mass is 10.0. The van der Waals surface area contributed by atoms with Gasteiger partial charge in [0.2, 0.25) is 0 Å². The zero-order valence-corrected chi connectivity index (χ0v) is 19.3. The molecule has 0 aromatic carbocycles. The summed E-state index contributed by atoms with van der Waals surface area (Å²) in [5.41, 5.74) is 0.258. The minimum absolute atomic E-state index is 0.258. The third-order valence-electron chi connectivity index (χ3n) is 4.66. The fourth-order valence-corrected chi connectivity index (χ4v) is 3.35. The maximum atomic E-state index is 5.78. The van der Waals surface area contributed by atoms with E-state index in [4.69, 9.17) is 14.2 Å². The molecule has 0 rings (SSSR count). The van der Waals surface area contributed by atoms with E-state index in [1.54, 1.807) is 0 Å². The molecule has 0 aliphatic rings. The van der Waals surface area contributed by atoms with Crippen LogP contribution in [0.2, 0.25) is 0 Å². The first-order chi connectivity index (χ1) is 12.9. The molecule has 0 aromatic rings. The summed E-state index contributed by atoms with van der Waals surface area (Å²) in [6, 6.07) is 0. The maximum Gasteiger partial charge on any atom is 0.282 e. The highest BCUT2D eigenvalue weighted by Gasteiger charge is 2.31. The highest BCUT2D eigenvalue weighted by molar-refractivity contribution is 4.69. The van der Waals surface area contributed by atoms with Crippen molar-refractivity contribution in [2.75, 3.05) is 26.4 Å². The topological polar surface area (TPSA) is 39.7 Å². The molecule has 0 fully saturated rings. The first-order valence-electron chi connectivity index (χ1n) is 11.6. The Kier molecular flexibility index (Phi) is 16.7. The minimum atomic E-state index is -0.819. The molecule has 0 spiro atoms. The van der Waals surface area contributed by atoms with Crippen LogP contribution in [0.15, 0.2) is 0 Å². The summed E-state index contributed by atoms with van der Waals surface area (Å²) in [7, 11) is 0. The average molecular weight is 388 g/mol. The lowest BCUT2D eigenvalue weighted by Gasteiger charge is -2.32. The van der Waals surface area contributed by atoms with E-state index < -0.39 is 5.97 Å². The number of hydrogen-bond donors (Lipinski definition) is 1. The Morgan fingerprint density at radius 3 is 1.30 bits per heavy atom. The van der Waals surface area contributed by atoms with Crippen molar-refractivity contribution in [2.45, 2.75) is 124 Å². The van der Waals surface area contributed by atoms with E-state index >= 15 is 0 Å². The zero-order valence-electron chi connectivity index (χ0n) is 19.3. The monoisotopic (exact) mass is 387 g/mol. The van der Waals surface area contributed by atoms with E-state index in [0.29, 0.717) is 19.8 Å². The summed E-state index contributed by atoms with van der Waals surface area (Å²) >= 11 is 0. The fourth-order valence-electron chi connectivity index (χ4n) is 3.35. The van der Waals surface area contributed by atoms with Crippen LogP contribution >= 0.6 is 0 Å². The van der Waals surface area contributed by atoms with E-state index in [9.17, 15) is 0 Å². The Balaban J connectivity index is 3.57. The van der Waals surface area contributed by atoms with Gasteiger partial charge in [-0.2, -0.15) is 0 Å². The van der Waals surface area contributed by atoms with Gasteiger partial charge in [-0.25, -0.2) is 0 Å². The van der Waals surface area contributed by atoms with E-state index in [2.05, 4.69) is 26.1 Å². The van der Waals surface area contributed by atoms with Crippen LogP contribution in [0.1, 0.15) is 112 Å². The van der Waals surface area contributed by atoms with Gasteiger partial charge in [-0.15, -0.1) is 0 Å². The standard InChI is InChI=1S/C23H49NO3/c1-7-25-23(26-8-2,27-9-3)20-18-16-14-12-10-11-13-15-17-19-21-24-22(4,5)6/h24H,7-21H2,1-6H3. The van der Waals surface area contributed by atoms with Crippen molar-refractivity contribution in [2.24, 2.45) is 0 Å². The highest BCUT2D eigenvalue weighted by atomic mass is 16.9. The van der Waals surface area contributed by atoms with Crippen molar-refractivity contribution < 1.29 is 14.2 Å². The maximum absolute atomic E-state index is 5.78. The molecule has 1 N–H and O–H groups in total. The van der Waals surface area contributed by atoms with Crippen LogP contribution in [0.5, 0.6) is 0 Å². The molecule has 4 heteroatoms. The molecule has 0 bridgehead atoms. The first-order valence-corrected chi connectivity index (χ1v) is 11.6. The normalized spacial score (nSPS) is 12.7. The van der Waals surface area contributed by atoms with E-state index in [0.717, 1.165) is 19.4 Å². The Morgan fingerprint density at radius 1 is 0.556 bits per heavy atom. The van der Waals surface area contributed by atoms with Crippen molar-refractivity contribution in [1.29, 1.82) is 0 Å². The lowest BCUT2D eigenvalue weighted by Crippen LogP contribution is -2.39. The Hall–Kier alpha value is -0.160. The van der Waals surface area contributed by atoms with Crippen LogP contribution in [0, 0.1) is 0 Å². The quantitative estimate of drug-likeness (QED) is 0.205. The Bertz CT molecular complexity index is 298. The Labute approximate surface area is 170 Å². The SMILES string of the molecule is CCOC(CCCCCCCCCCCCNC(C)(C)C)(OCC)OCC. The lowest BCUT2D eigenvalue weighted by molar-refractivity contribution is -0.380. The number of hydrogen-bond acceptors (Lipinski definition) is 4. The molecule has 4 nitrogen and oxygen atoms in total. The van der Waals surface area contributed by atoms with Gasteiger partial charge < -0.3 is 19.5 Å². The summed E-state index contributed by atoms with van der Waals surface area (Å²) in [6.07, 6.45) is 14.0. The van der Waals surface area contributed by atoms with Crippen molar-refractivity contribution >= 4 is 0 Å². The summed E-state index contributed by atoms with van der Waals surface area (Å²) in [5, 5.41) is 3.56. The molecule has 0 aliphatic carbocycles. The van der Waals surface area contributed by atoms with Crippen molar-refractivity contribution in [1.82, 2.24) is 5.32 Å². The van der Waals surface area contributed by atoms with E-state index in [1.165, 1.54) is 57.8 Å². The van der Waals surface area contributed by atoms with E-state index in [-0.39, 0.29) is 5.54 Å². The summed E-state index contributed by atoms with van der Waals surface area (Å²) in [5.74, 6) is -0.819. The van der Waals surface area contributed by atoms with Crippen molar-refractivity contribution in [3.8, 4) is 0 Å². The molecule has 27 heavy (non-hydrogen) atoms. The first kappa shape index (κ1) is 26.8. The van der Waals surface area contributed by atoms with Gasteiger partial charge in [-0.05, 0) is 60.9 Å². The van der Waals surface area contributed by atoms with Gasteiger partial charge in [0.05, 0.1) is 0 Å². The fraction of sp³-hybridized carbons (Fsp3) is 1.00. The minimum Gasteiger partial charge on any atom is -0.328 e. The molecule has 164 valence electrons. The molecule has 0 heterocycles. The van der Waals surface area contributed by atoms with Crippen LogP contribution in [0.4, 0.5) is 0 Å². The molecule has 0 radical (unpaired) electrons. The van der Waals surface area contributed by atoms with Crippen LogP contribution in [-0.4, -0.2) is 37.9 Å². The summed E-state index contributed by atoms with van der Waals surface area (Å²) in [4.78, 5) is 0. The van der Waals surface area contributed by atoms with Gasteiger partial charge >= 0.3 is 0 Å². The molecule has 0 unspecified atom stereocenters. The van der Waals surface area contributed by atoms with Crippen molar-refractivity contribution in [3.63, 3.8) is 0 Å². The smallest absolute Gasteiger partial charge is 0.282 e. The van der Waals surface area contributed by atoms with Gasteiger partial charge in [0.25, 0.3) is 5.97 Å². The molecule has 0 amide bonds.